The number of para-hydroxylation sites is 2. The second-order valence-electron chi connectivity index (χ2n) is 9.23. The molecule has 12 heteroatoms. The van der Waals surface area contributed by atoms with Crippen molar-refractivity contribution in [2.75, 3.05) is 25.0 Å². The number of hydrogen-bond acceptors (Lipinski definition) is 6. The first kappa shape index (κ1) is 24.6. The molecule has 1 fully saturated rings. The third-order valence-corrected chi connectivity index (χ3v) is 7.58. The smallest absolute Gasteiger partial charge is 0.309 e. The number of likely N-dealkylation sites (tertiary alicyclic amines) is 1. The van der Waals surface area contributed by atoms with Gasteiger partial charge in [-0.05, 0) is 55.6 Å². The lowest BCUT2D eigenvalue weighted by molar-refractivity contribution is -0.142. The first-order chi connectivity index (χ1) is 18.4. The van der Waals surface area contributed by atoms with E-state index in [4.69, 9.17) is 0 Å². The van der Waals surface area contributed by atoms with Gasteiger partial charge in [-0.25, -0.2) is 14.5 Å². The predicted octanol–water partition coefficient (Wildman–Crippen LogP) is 5.56. The molecule has 0 spiro atoms. The van der Waals surface area contributed by atoms with Gasteiger partial charge in [-0.3, -0.25) is 10.1 Å². The molecule has 196 valence electrons. The van der Waals surface area contributed by atoms with Gasteiger partial charge in [0, 0.05) is 19.2 Å². The summed E-state index contributed by atoms with van der Waals surface area (Å²) in [6, 6.07) is 13.2. The highest BCUT2D eigenvalue weighted by atomic mass is 32.1. The van der Waals surface area contributed by atoms with E-state index in [-0.39, 0.29) is 17.0 Å². The molecule has 0 atom stereocenters. The number of carbonyl (C=O) groups is 1. The van der Waals surface area contributed by atoms with E-state index in [1.54, 1.807) is 17.5 Å². The number of aromatic nitrogens is 5. The fraction of sp³-hybridized carbons (Fsp3) is 0.308. The second-order valence-corrected chi connectivity index (χ2v) is 10.2. The van der Waals surface area contributed by atoms with Crippen LogP contribution in [0.4, 0.5) is 19.1 Å². The van der Waals surface area contributed by atoms with Crippen molar-refractivity contribution in [2.45, 2.75) is 32.0 Å². The molecule has 38 heavy (non-hydrogen) atoms. The fourth-order valence-corrected chi connectivity index (χ4v) is 5.51. The molecule has 1 saturated heterocycles. The maximum absolute atomic E-state index is 13.9. The van der Waals surface area contributed by atoms with Crippen molar-refractivity contribution in [3.05, 3.63) is 65.3 Å². The van der Waals surface area contributed by atoms with Crippen LogP contribution in [-0.4, -0.2) is 54.6 Å². The first-order valence-electron chi connectivity index (χ1n) is 12.4. The van der Waals surface area contributed by atoms with Gasteiger partial charge in [0.1, 0.15) is 0 Å². The van der Waals surface area contributed by atoms with E-state index in [9.17, 15) is 18.0 Å². The standard InChI is InChI=1S/C26H24F3N7OS/c27-26(28,29)22-15-18(21-9-6-14-38-21)30-23-16-19(33-36(22)23)24(37)32-25-31-17-7-2-3-8-20(17)35(25)13-12-34-10-4-1-5-11-34/h2-3,6-9,14-16H,1,4-5,10-13H2,(H,31,32,37). The van der Waals surface area contributed by atoms with Gasteiger partial charge in [0.15, 0.2) is 17.0 Å². The summed E-state index contributed by atoms with van der Waals surface area (Å²) in [7, 11) is 0. The number of fused-ring (bicyclic) bond motifs is 2. The lowest BCUT2D eigenvalue weighted by Crippen LogP contribution is -2.32. The van der Waals surface area contributed by atoms with E-state index in [1.165, 1.54) is 36.7 Å². The lowest BCUT2D eigenvalue weighted by atomic mass is 10.1. The minimum Gasteiger partial charge on any atom is -0.309 e. The average Bonchev–Trinajstić information content (AvgIpc) is 3.65. The maximum Gasteiger partial charge on any atom is 0.433 e. The number of nitrogens with zero attached hydrogens (tertiary/aromatic N) is 6. The Morgan fingerprint density at radius 1 is 1.00 bits per heavy atom. The van der Waals surface area contributed by atoms with Gasteiger partial charge in [-0.15, -0.1) is 11.3 Å². The Bertz CT molecular complexity index is 1600. The van der Waals surface area contributed by atoms with Gasteiger partial charge in [0.2, 0.25) is 5.95 Å². The highest BCUT2D eigenvalue weighted by Gasteiger charge is 2.36. The van der Waals surface area contributed by atoms with Gasteiger partial charge in [0.25, 0.3) is 5.91 Å². The number of alkyl halides is 3. The topological polar surface area (TPSA) is 80.4 Å². The molecule has 0 radical (unpaired) electrons. The van der Waals surface area contributed by atoms with Crippen LogP contribution in [0.15, 0.2) is 53.9 Å². The minimum absolute atomic E-state index is 0.0630. The Hall–Kier alpha value is -3.77. The number of piperidine rings is 1. The summed E-state index contributed by atoms with van der Waals surface area (Å²) in [4.78, 5) is 25.1. The molecule has 8 nitrogen and oxygen atoms in total. The number of rotatable bonds is 6. The second kappa shape index (κ2) is 9.84. The summed E-state index contributed by atoms with van der Waals surface area (Å²) in [5.74, 6) is -0.329. The quantitative estimate of drug-likeness (QED) is 0.305. The summed E-state index contributed by atoms with van der Waals surface area (Å²) < 4.78 is 44.3. The summed E-state index contributed by atoms with van der Waals surface area (Å²) in [5, 5.41) is 8.52. The Balaban J connectivity index is 1.33. The number of amides is 1. The van der Waals surface area contributed by atoms with Crippen LogP contribution < -0.4 is 5.32 Å². The zero-order valence-electron chi connectivity index (χ0n) is 20.3. The van der Waals surface area contributed by atoms with Gasteiger partial charge in [0.05, 0.1) is 21.6 Å². The molecule has 4 aromatic heterocycles. The number of benzene rings is 1. The van der Waals surface area contributed by atoms with Crippen LogP contribution >= 0.6 is 11.3 Å². The normalized spacial score (nSPS) is 14.9. The molecule has 1 aliphatic heterocycles. The average molecular weight is 540 g/mol. The molecular weight excluding hydrogens is 515 g/mol. The van der Waals surface area contributed by atoms with Crippen LogP contribution in [0.2, 0.25) is 0 Å². The molecular formula is C26H24F3N7OS. The third-order valence-electron chi connectivity index (χ3n) is 6.69. The fourth-order valence-electron chi connectivity index (χ4n) is 4.83. The van der Waals surface area contributed by atoms with E-state index in [1.807, 2.05) is 28.8 Å². The molecule has 0 saturated carbocycles. The number of halogens is 3. The van der Waals surface area contributed by atoms with E-state index in [0.29, 0.717) is 21.9 Å². The predicted molar refractivity (Wildman–Crippen MR) is 139 cm³/mol. The molecule has 5 aromatic rings. The highest BCUT2D eigenvalue weighted by molar-refractivity contribution is 7.13. The van der Waals surface area contributed by atoms with E-state index in [2.05, 4.69) is 25.3 Å². The van der Waals surface area contributed by atoms with Crippen LogP contribution in [-0.2, 0) is 12.7 Å². The van der Waals surface area contributed by atoms with Gasteiger partial charge in [-0.2, -0.15) is 18.3 Å². The van der Waals surface area contributed by atoms with Crippen molar-refractivity contribution < 1.29 is 18.0 Å². The van der Waals surface area contributed by atoms with Crippen molar-refractivity contribution in [1.29, 1.82) is 0 Å². The molecule has 0 bridgehead atoms. The molecule has 1 amide bonds. The van der Waals surface area contributed by atoms with Crippen molar-refractivity contribution in [1.82, 2.24) is 29.0 Å². The highest BCUT2D eigenvalue weighted by Crippen LogP contribution is 2.33. The monoisotopic (exact) mass is 539 g/mol. The maximum atomic E-state index is 13.9. The molecule has 0 aliphatic carbocycles. The number of anilines is 1. The Kier molecular flexibility index (Phi) is 6.36. The zero-order chi connectivity index (χ0) is 26.3. The van der Waals surface area contributed by atoms with Crippen LogP contribution in [0.5, 0.6) is 0 Å². The van der Waals surface area contributed by atoms with E-state index >= 15 is 0 Å². The van der Waals surface area contributed by atoms with Crippen LogP contribution in [0.1, 0.15) is 35.4 Å². The Labute approximate surface area is 219 Å². The van der Waals surface area contributed by atoms with E-state index < -0.39 is 17.8 Å². The number of hydrogen-bond donors (Lipinski definition) is 1. The van der Waals surface area contributed by atoms with Crippen molar-refractivity contribution in [3.63, 3.8) is 0 Å². The van der Waals surface area contributed by atoms with Crippen molar-refractivity contribution in [2.24, 2.45) is 0 Å². The molecule has 1 N–H and O–H groups in total. The molecule has 1 aromatic carbocycles. The minimum atomic E-state index is -4.69. The third kappa shape index (κ3) is 4.76. The number of nitrogens with one attached hydrogen (secondary N) is 1. The molecule has 0 unspecified atom stereocenters. The zero-order valence-corrected chi connectivity index (χ0v) is 21.1. The van der Waals surface area contributed by atoms with Crippen LogP contribution in [0, 0.1) is 0 Å². The summed E-state index contributed by atoms with van der Waals surface area (Å²) >= 11 is 1.28. The number of thiophene rings is 1. The van der Waals surface area contributed by atoms with Crippen LogP contribution in [0.25, 0.3) is 27.3 Å². The molecule has 6 rings (SSSR count). The largest absolute Gasteiger partial charge is 0.433 e. The van der Waals surface area contributed by atoms with Gasteiger partial charge in [-0.1, -0.05) is 24.6 Å². The molecule has 5 heterocycles. The summed E-state index contributed by atoms with van der Waals surface area (Å²) in [6.07, 6.45) is -1.10. The summed E-state index contributed by atoms with van der Waals surface area (Å²) in [5.41, 5.74) is 0.521. The Morgan fingerprint density at radius 3 is 2.58 bits per heavy atom. The molecule has 1 aliphatic rings. The lowest BCUT2D eigenvalue weighted by Gasteiger charge is -2.26. The van der Waals surface area contributed by atoms with Crippen molar-refractivity contribution >= 4 is 39.9 Å². The van der Waals surface area contributed by atoms with Crippen LogP contribution in [0.3, 0.4) is 0 Å². The summed E-state index contributed by atoms with van der Waals surface area (Å²) in [6.45, 7) is 3.50. The first-order valence-corrected chi connectivity index (χ1v) is 13.3. The van der Waals surface area contributed by atoms with Crippen molar-refractivity contribution in [3.8, 4) is 10.6 Å². The number of carbonyl (C=O) groups excluding carboxylic acids is 1. The SMILES string of the molecule is O=C(Nc1nc2ccccc2n1CCN1CCCCC1)c1cc2nc(-c3cccs3)cc(C(F)(F)F)n2n1. The Morgan fingerprint density at radius 2 is 1.82 bits per heavy atom. The van der Waals surface area contributed by atoms with Gasteiger partial charge < -0.3 is 9.47 Å². The van der Waals surface area contributed by atoms with Gasteiger partial charge >= 0.3 is 6.18 Å². The number of imidazole rings is 1. The van der Waals surface area contributed by atoms with E-state index in [0.717, 1.165) is 36.7 Å².